The van der Waals surface area contributed by atoms with Crippen LogP contribution in [0.1, 0.15) is 6.92 Å². The maximum absolute atomic E-state index is 10.8. The molecule has 1 N–H and O–H groups in total. The molecule has 1 aromatic carbocycles. The molecule has 0 aromatic heterocycles. The quantitative estimate of drug-likeness (QED) is 0.541. The van der Waals surface area contributed by atoms with E-state index in [9.17, 15) is 4.79 Å². The number of esters is 1. The van der Waals surface area contributed by atoms with Gasteiger partial charge in [-0.3, -0.25) is 4.79 Å². The number of benzene rings is 1. The molecule has 1 heterocycles. The summed E-state index contributed by atoms with van der Waals surface area (Å²) in [6, 6.07) is 5.42. The molecule has 0 atom stereocenters. The van der Waals surface area contributed by atoms with Gasteiger partial charge in [-0.15, -0.1) is 0 Å². The summed E-state index contributed by atoms with van der Waals surface area (Å²) < 4.78 is 10.4. The number of ether oxygens (including phenoxy) is 2. The summed E-state index contributed by atoms with van der Waals surface area (Å²) in [5.74, 6) is 0.753. The van der Waals surface area contributed by atoms with Gasteiger partial charge in [-0.2, -0.15) is 0 Å². The van der Waals surface area contributed by atoms with Gasteiger partial charge in [0.25, 0.3) is 0 Å². The molecule has 1 aliphatic heterocycles. The highest BCUT2D eigenvalue weighted by atomic mass is 16.6. The summed E-state index contributed by atoms with van der Waals surface area (Å²) in [6.07, 6.45) is 0. The third-order valence-electron chi connectivity index (χ3n) is 1.90. The van der Waals surface area contributed by atoms with E-state index in [1.54, 1.807) is 6.07 Å². The monoisotopic (exact) mass is 193 g/mol. The number of para-hydroxylation sites is 1. The average Bonchev–Trinajstić information content (AvgIpc) is 2.18. The first-order chi connectivity index (χ1) is 6.77. The zero-order chi connectivity index (χ0) is 9.97. The van der Waals surface area contributed by atoms with Gasteiger partial charge in [0.2, 0.25) is 0 Å². The number of nitrogens with one attached hydrogen (secondary N) is 1. The Hall–Kier alpha value is -1.71. The lowest BCUT2D eigenvalue weighted by molar-refractivity contribution is -0.132. The second kappa shape index (κ2) is 3.57. The van der Waals surface area contributed by atoms with Crippen molar-refractivity contribution in [3.05, 3.63) is 18.2 Å². The Morgan fingerprint density at radius 3 is 3.21 bits per heavy atom. The van der Waals surface area contributed by atoms with E-state index in [-0.39, 0.29) is 5.97 Å². The van der Waals surface area contributed by atoms with Crippen molar-refractivity contribution < 1.29 is 14.3 Å². The molecule has 0 spiro atoms. The first-order valence-corrected chi connectivity index (χ1v) is 4.45. The number of hydrogen-bond acceptors (Lipinski definition) is 4. The molecule has 14 heavy (non-hydrogen) atoms. The normalized spacial score (nSPS) is 13.5. The number of fused-ring (bicyclic) bond motifs is 1. The molecule has 0 saturated carbocycles. The minimum absolute atomic E-state index is 0.340. The molecule has 0 aliphatic carbocycles. The number of rotatable bonds is 1. The fraction of sp³-hybridized carbons (Fsp3) is 0.300. The van der Waals surface area contributed by atoms with E-state index in [4.69, 9.17) is 9.47 Å². The summed E-state index contributed by atoms with van der Waals surface area (Å²) in [5, 5.41) is 3.16. The first kappa shape index (κ1) is 8.87. The van der Waals surface area contributed by atoms with Crippen molar-refractivity contribution >= 4 is 11.7 Å². The molecule has 1 aromatic rings. The van der Waals surface area contributed by atoms with Crippen LogP contribution < -0.4 is 14.8 Å². The van der Waals surface area contributed by atoms with Gasteiger partial charge < -0.3 is 14.8 Å². The molecular weight excluding hydrogens is 182 g/mol. The maximum atomic E-state index is 10.8. The van der Waals surface area contributed by atoms with Gasteiger partial charge in [0.15, 0.2) is 11.5 Å². The van der Waals surface area contributed by atoms with Crippen LogP contribution in [-0.4, -0.2) is 19.1 Å². The fourth-order valence-corrected chi connectivity index (χ4v) is 1.38. The zero-order valence-corrected chi connectivity index (χ0v) is 7.87. The first-order valence-electron chi connectivity index (χ1n) is 4.45. The highest BCUT2D eigenvalue weighted by molar-refractivity contribution is 5.73. The van der Waals surface area contributed by atoms with Crippen molar-refractivity contribution in [2.45, 2.75) is 6.92 Å². The van der Waals surface area contributed by atoms with Gasteiger partial charge in [-0.05, 0) is 12.1 Å². The summed E-state index contributed by atoms with van der Waals surface area (Å²) in [5.41, 5.74) is 0.870. The van der Waals surface area contributed by atoms with E-state index >= 15 is 0 Å². The van der Waals surface area contributed by atoms with Crippen molar-refractivity contribution in [2.75, 3.05) is 18.5 Å². The van der Waals surface area contributed by atoms with Crippen molar-refractivity contribution in [1.29, 1.82) is 0 Å². The molecule has 4 heteroatoms. The van der Waals surface area contributed by atoms with E-state index < -0.39 is 0 Å². The van der Waals surface area contributed by atoms with Crippen molar-refractivity contribution in [1.82, 2.24) is 0 Å². The molecule has 0 amide bonds. The van der Waals surface area contributed by atoms with E-state index in [0.717, 1.165) is 12.2 Å². The zero-order valence-electron chi connectivity index (χ0n) is 7.87. The molecule has 4 nitrogen and oxygen atoms in total. The number of hydrogen-bond donors (Lipinski definition) is 1. The Kier molecular flexibility index (Phi) is 2.26. The summed E-state index contributed by atoms with van der Waals surface area (Å²) in [4.78, 5) is 10.8. The molecule has 0 saturated heterocycles. The Balaban J connectivity index is 2.35. The maximum Gasteiger partial charge on any atom is 0.308 e. The Morgan fingerprint density at radius 1 is 1.57 bits per heavy atom. The van der Waals surface area contributed by atoms with Gasteiger partial charge in [-0.25, -0.2) is 0 Å². The lowest BCUT2D eigenvalue weighted by Crippen LogP contribution is -2.19. The standard InChI is InChI=1S/C10H11NO3/c1-7(12)14-9-4-2-3-8-10(9)13-6-5-11-8/h2-4,11H,5-6H2,1H3. The van der Waals surface area contributed by atoms with Crippen LogP contribution in [0, 0.1) is 0 Å². The Labute approximate surface area is 81.8 Å². The van der Waals surface area contributed by atoms with Crippen LogP contribution in [0.5, 0.6) is 11.5 Å². The summed E-state index contributed by atoms with van der Waals surface area (Å²) >= 11 is 0. The van der Waals surface area contributed by atoms with Crippen LogP contribution in [-0.2, 0) is 4.79 Å². The predicted molar refractivity (Wildman–Crippen MR) is 51.7 cm³/mol. The lowest BCUT2D eigenvalue weighted by atomic mass is 10.2. The van der Waals surface area contributed by atoms with Crippen molar-refractivity contribution in [2.24, 2.45) is 0 Å². The van der Waals surface area contributed by atoms with Crippen LogP contribution in [0.4, 0.5) is 5.69 Å². The Bertz CT molecular complexity index is 362. The van der Waals surface area contributed by atoms with E-state index in [1.165, 1.54) is 6.92 Å². The van der Waals surface area contributed by atoms with Gasteiger partial charge in [0, 0.05) is 13.5 Å². The average molecular weight is 193 g/mol. The van der Waals surface area contributed by atoms with E-state index in [1.807, 2.05) is 12.1 Å². The molecule has 74 valence electrons. The van der Waals surface area contributed by atoms with Crippen LogP contribution in [0.25, 0.3) is 0 Å². The fourth-order valence-electron chi connectivity index (χ4n) is 1.38. The molecule has 1 aliphatic rings. The minimum atomic E-state index is -0.340. The van der Waals surface area contributed by atoms with Crippen LogP contribution in [0.2, 0.25) is 0 Å². The second-order valence-electron chi connectivity index (χ2n) is 3.00. The van der Waals surface area contributed by atoms with E-state index in [2.05, 4.69) is 5.32 Å². The van der Waals surface area contributed by atoms with E-state index in [0.29, 0.717) is 18.1 Å². The van der Waals surface area contributed by atoms with Crippen LogP contribution in [0.15, 0.2) is 18.2 Å². The SMILES string of the molecule is CC(=O)Oc1cccc2c1OCCN2. The molecule has 2 rings (SSSR count). The molecule has 0 fully saturated rings. The van der Waals surface area contributed by atoms with Gasteiger partial charge in [-0.1, -0.05) is 6.07 Å². The van der Waals surface area contributed by atoms with Crippen LogP contribution in [0.3, 0.4) is 0 Å². The highest BCUT2D eigenvalue weighted by Gasteiger charge is 2.15. The molecule has 0 unspecified atom stereocenters. The number of carbonyl (C=O) groups excluding carboxylic acids is 1. The summed E-state index contributed by atoms with van der Waals surface area (Å²) in [6.45, 7) is 2.73. The number of carbonyl (C=O) groups is 1. The highest BCUT2D eigenvalue weighted by Crippen LogP contribution is 2.36. The van der Waals surface area contributed by atoms with Crippen molar-refractivity contribution in [3.8, 4) is 11.5 Å². The summed E-state index contributed by atoms with van der Waals surface area (Å²) in [7, 11) is 0. The topological polar surface area (TPSA) is 47.6 Å². The lowest BCUT2D eigenvalue weighted by Gasteiger charge is -2.20. The largest absolute Gasteiger partial charge is 0.486 e. The predicted octanol–water partition coefficient (Wildman–Crippen LogP) is 1.42. The Morgan fingerprint density at radius 2 is 2.43 bits per heavy atom. The van der Waals surface area contributed by atoms with Gasteiger partial charge in [0.1, 0.15) is 6.61 Å². The van der Waals surface area contributed by atoms with Crippen LogP contribution >= 0.6 is 0 Å². The minimum Gasteiger partial charge on any atom is -0.486 e. The second-order valence-corrected chi connectivity index (χ2v) is 3.00. The van der Waals surface area contributed by atoms with Gasteiger partial charge in [0.05, 0.1) is 5.69 Å². The third-order valence-corrected chi connectivity index (χ3v) is 1.90. The van der Waals surface area contributed by atoms with Crippen molar-refractivity contribution in [3.63, 3.8) is 0 Å². The smallest absolute Gasteiger partial charge is 0.308 e. The molecule has 0 bridgehead atoms. The number of anilines is 1. The molecular formula is C10H11NO3. The third kappa shape index (κ3) is 1.64. The van der Waals surface area contributed by atoms with Gasteiger partial charge >= 0.3 is 5.97 Å². The molecule has 0 radical (unpaired) electrons.